The molecule has 1 heterocycles. The molecule has 0 radical (unpaired) electrons. The molecule has 0 atom stereocenters. The molecule has 0 unspecified atom stereocenters. The predicted molar refractivity (Wildman–Crippen MR) is 114 cm³/mol. The lowest BCUT2D eigenvalue weighted by Gasteiger charge is -2.13. The molecule has 0 aliphatic heterocycles. The second kappa shape index (κ2) is 9.41. The van der Waals surface area contributed by atoms with Crippen molar-refractivity contribution in [3.63, 3.8) is 0 Å². The fraction of sp³-hybridized carbons (Fsp3) is 0.286. The molecule has 3 aromatic rings. The Balaban J connectivity index is 1.62. The van der Waals surface area contributed by atoms with Gasteiger partial charge in [-0.1, -0.05) is 42.1 Å². The van der Waals surface area contributed by atoms with Crippen molar-refractivity contribution >= 4 is 23.4 Å². The molecule has 0 aliphatic carbocycles. The van der Waals surface area contributed by atoms with Crippen molar-refractivity contribution in [2.75, 3.05) is 24.7 Å². The zero-order valence-electron chi connectivity index (χ0n) is 16.4. The van der Waals surface area contributed by atoms with Crippen LogP contribution < -0.4 is 10.2 Å². The van der Waals surface area contributed by atoms with E-state index in [-0.39, 0.29) is 5.91 Å². The first-order valence-corrected chi connectivity index (χ1v) is 10.2. The van der Waals surface area contributed by atoms with E-state index in [4.69, 9.17) is 0 Å². The first-order valence-electron chi connectivity index (χ1n) is 9.23. The van der Waals surface area contributed by atoms with Crippen LogP contribution in [0, 0.1) is 0 Å². The Morgan fingerprint density at radius 1 is 1.07 bits per heavy atom. The summed E-state index contributed by atoms with van der Waals surface area (Å²) in [5, 5.41) is 12.3. The Labute approximate surface area is 170 Å². The Morgan fingerprint density at radius 2 is 1.79 bits per heavy atom. The van der Waals surface area contributed by atoms with Gasteiger partial charge in [0, 0.05) is 38.4 Å². The maximum absolute atomic E-state index is 12.2. The van der Waals surface area contributed by atoms with Crippen LogP contribution in [-0.2, 0) is 17.9 Å². The Kier molecular flexibility index (Phi) is 6.71. The van der Waals surface area contributed by atoms with Gasteiger partial charge in [-0.2, -0.15) is 0 Å². The van der Waals surface area contributed by atoms with Crippen LogP contribution in [0.25, 0.3) is 11.4 Å². The molecule has 0 saturated carbocycles. The fourth-order valence-corrected chi connectivity index (χ4v) is 3.61. The summed E-state index contributed by atoms with van der Waals surface area (Å²) in [6.07, 6.45) is 0. The molecule has 1 aromatic heterocycles. The van der Waals surface area contributed by atoms with Gasteiger partial charge >= 0.3 is 0 Å². The van der Waals surface area contributed by atoms with Gasteiger partial charge < -0.3 is 14.8 Å². The summed E-state index contributed by atoms with van der Waals surface area (Å²) in [6.45, 7) is 3.33. The van der Waals surface area contributed by atoms with Gasteiger partial charge in [0.05, 0.1) is 5.75 Å². The summed E-state index contributed by atoms with van der Waals surface area (Å²) >= 11 is 1.41. The number of nitrogens with zero attached hydrogens (tertiary/aromatic N) is 4. The average Bonchev–Trinajstić information content (AvgIpc) is 3.14. The first-order chi connectivity index (χ1) is 13.6. The zero-order chi connectivity index (χ0) is 19.9. The van der Waals surface area contributed by atoms with E-state index in [0.717, 1.165) is 34.3 Å². The van der Waals surface area contributed by atoms with Crippen LogP contribution in [0.3, 0.4) is 0 Å². The number of aromatic nitrogens is 3. The monoisotopic (exact) mass is 395 g/mol. The smallest absolute Gasteiger partial charge is 0.230 e. The molecule has 0 saturated heterocycles. The van der Waals surface area contributed by atoms with Crippen molar-refractivity contribution in [1.29, 1.82) is 0 Å². The molecule has 1 N–H and O–H groups in total. The molecular weight excluding hydrogens is 370 g/mol. The molecule has 7 heteroatoms. The van der Waals surface area contributed by atoms with Crippen molar-refractivity contribution < 1.29 is 4.79 Å². The quantitative estimate of drug-likeness (QED) is 0.592. The van der Waals surface area contributed by atoms with Crippen molar-refractivity contribution in [1.82, 2.24) is 20.1 Å². The van der Waals surface area contributed by atoms with E-state index in [9.17, 15) is 4.79 Å². The van der Waals surface area contributed by atoms with E-state index in [1.807, 2.05) is 61.1 Å². The van der Waals surface area contributed by atoms with Crippen LogP contribution in [0.5, 0.6) is 0 Å². The third-order valence-corrected chi connectivity index (χ3v) is 5.31. The van der Waals surface area contributed by atoms with Crippen molar-refractivity contribution in [3.8, 4) is 11.4 Å². The maximum Gasteiger partial charge on any atom is 0.230 e. The summed E-state index contributed by atoms with van der Waals surface area (Å²) in [4.78, 5) is 14.2. The van der Waals surface area contributed by atoms with E-state index < -0.39 is 0 Å². The second-order valence-corrected chi connectivity index (χ2v) is 7.49. The van der Waals surface area contributed by atoms with Crippen molar-refractivity contribution in [2.24, 2.45) is 0 Å². The lowest BCUT2D eigenvalue weighted by atomic mass is 10.2. The molecule has 146 valence electrons. The molecule has 0 fully saturated rings. The Morgan fingerprint density at radius 3 is 2.43 bits per heavy atom. The molecule has 1 amide bonds. The Bertz CT molecular complexity index is 906. The summed E-state index contributed by atoms with van der Waals surface area (Å²) in [5.41, 5.74) is 3.23. The van der Waals surface area contributed by atoms with E-state index in [1.54, 1.807) is 0 Å². The molecule has 0 bridgehead atoms. The third kappa shape index (κ3) is 4.92. The molecule has 3 rings (SSSR count). The topological polar surface area (TPSA) is 63.1 Å². The number of carbonyl (C=O) groups is 1. The van der Waals surface area contributed by atoms with Gasteiger partial charge in [-0.3, -0.25) is 4.79 Å². The third-order valence-electron chi connectivity index (χ3n) is 4.34. The van der Waals surface area contributed by atoms with Crippen LogP contribution in [0.15, 0.2) is 59.8 Å². The minimum atomic E-state index is -0.0172. The summed E-state index contributed by atoms with van der Waals surface area (Å²) in [6, 6.07) is 18.1. The van der Waals surface area contributed by atoms with E-state index in [1.165, 1.54) is 11.8 Å². The SMILES string of the molecule is CCn1c(SCC(=O)NCc2ccccc2)nnc1-c1ccc(N(C)C)cc1. The van der Waals surface area contributed by atoms with E-state index in [2.05, 4.69) is 39.5 Å². The lowest BCUT2D eigenvalue weighted by Crippen LogP contribution is -2.24. The van der Waals surface area contributed by atoms with Crippen molar-refractivity contribution in [2.45, 2.75) is 25.2 Å². The van der Waals surface area contributed by atoms with Gasteiger partial charge in [-0.15, -0.1) is 10.2 Å². The average molecular weight is 396 g/mol. The van der Waals surface area contributed by atoms with Crippen molar-refractivity contribution in [3.05, 3.63) is 60.2 Å². The molecule has 6 nitrogen and oxygen atoms in total. The number of thioether (sulfide) groups is 1. The van der Waals surface area contributed by atoms with Crippen LogP contribution in [0.2, 0.25) is 0 Å². The number of nitrogens with one attached hydrogen (secondary N) is 1. The largest absolute Gasteiger partial charge is 0.378 e. The number of hydrogen-bond acceptors (Lipinski definition) is 5. The highest BCUT2D eigenvalue weighted by Gasteiger charge is 2.14. The van der Waals surface area contributed by atoms with Gasteiger partial charge in [0.25, 0.3) is 0 Å². The van der Waals surface area contributed by atoms with Gasteiger partial charge in [-0.05, 0) is 36.8 Å². The number of benzene rings is 2. The number of amides is 1. The minimum absolute atomic E-state index is 0.0172. The summed E-state index contributed by atoms with van der Waals surface area (Å²) in [7, 11) is 4.03. The van der Waals surface area contributed by atoms with E-state index >= 15 is 0 Å². The molecule has 28 heavy (non-hydrogen) atoms. The highest BCUT2D eigenvalue weighted by atomic mass is 32.2. The lowest BCUT2D eigenvalue weighted by molar-refractivity contribution is -0.118. The first kappa shape index (κ1) is 19.9. The molecule has 0 spiro atoms. The van der Waals surface area contributed by atoms with Gasteiger partial charge in [0.1, 0.15) is 0 Å². The number of carbonyl (C=O) groups excluding carboxylic acids is 1. The van der Waals surface area contributed by atoms with Gasteiger partial charge in [0.2, 0.25) is 5.91 Å². The summed E-state index contributed by atoms with van der Waals surface area (Å²) < 4.78 is 2.04. The predicted octanol–water partition coefficient (Wildman–Crippen LogP) is 3.44. The van der Waals surface area contributed by atoms with Crippen LogP contribution in [0.1, 0.15) is 12.5 Å². The molecule has 2 aromatic carbocycles. The second-order valence-electron chi connectivity index (χ2n) is 6.54. The Hall–Kier alpha value is -2.80. The minimum Gasteiger partial charge on any atom is -0.378 e. The number of anilines is 1. The standard InChI is InChI=1S/C21H25N5OS/c1-4-26-20(17-10-12-18(13-11-17)25(2)3)23-24-21(26)28-15-19(27)22-14-16-8-6-5-7-9-16/h5-13H,4,14-15H2,1-3H3,(H,22,27). The van der Waals surface area contributed by atoms with Gasteiger partial charge in [0.15, 0.2) is 11.0 Å². The van der Waals surface area contributed by atoms with Crippen LogP contribution in [-0.4, -0.2) is 40.5 Å². The highest BCUT2D eigenvalue weighted by molar-refractivity contribution is 7.99. The normalized spacial score (nSPS) is 10.7. The van der Waals surface area contributed by atoms with E-state index in [0.29, 0.717) is 12.3 Å². The number of hydrogen-bond donors (Lipinski definition) is 1. The maximum atomic E-state index is 12.2. The van der Waals surface area contributed by atoms with Crippen LogP contribution in [0.4, 0.5) is 5.69 Å². The van der Waals surface area contributed by atoms with Crippen LogP contribution >= 0.6 is 11.8 Å². The molecular formula is C21H25N5OS. The number of rotatable bonds is 8. The highest BCUT2D eigenvalue weighted by Crippen LogP contribution is 2.25. The summed E-state index contributed by atoms with van der Waals surface area (Å²) in [5.74, 6) is 1.11. The zero-order valence-corrected chi connectivity index (χ0v) is 17.2. The van der Waals surface area contributed by atoms with Gasteiger partial charge in [-0.25, -0.2) is 0 Å². The fourth-order valence-electron chi connectivity index (χ4n) is 2.78. The molecule has 0 aliphatic rings.